The highest BCUT2D eigenvalue weighted by Crippen LogP contribution is 2.36. The molecule has 1 saturated heterocycles. The monoisotopic (exact) mass is 355 g/mol. The molecule has 2 aromatic rings. The number of nitrogens with zero attached hydrogens (tertiary/aromatic N) is 1. The third-order valence-electron chi connectivity index (χ3n) is 5.41. The van der Waals surface area contributed by atoms with Gasteiger partial charge in [0.1, 0.15) is 5.82 Å². The smallest absolute Gasteiger partial charge is 0.314 e. The molecule has 0 aromatic heterocycles. The van der Waals surface area contributed by atoms with Crippen LogP contribution in [-0.2, 0) is 15.0 Å². The number of rotatable bonds is 4. The van der Waals surface area contributed by atoms with Crippen molar-refractivity contribution >= 4 is 11.9 Å². The number of hydrogen-bond acceptors (Lipinski definition) is 2. The average molecular weight is 355 g/mol. The summed E-state index contributed by atoms with van der Waals surface area (Å²) in [7, 11) is 0. The number of halogens is 1. The summed E-state index contributed by atoms with van der Waals surface area (Å²) in [6.45, 7) is 2.38. The number of carbonyl (C=O) groups is 2. The van der Waals surface area contributed by atoms with Crippen LogP contribution in [0.25, 0.3) is 0 Å². The van der Waals surface area contributed by atoms with Gasteiger partial charge in [-0.3, -0.25) is 9.59 Å². The molecule has 5 heteroatoms. The normalized spacial score (nSPS) is 17.5. The summed E-state index contributed by atoms with van der Waals surface area (Å²) in [4.78, 5) is 26.4. The average Bonchev–Trinajstić information content (AvgIpc) is 2.68. The van der Waals surface area contributed by atoms with Crippen LogP contribution in [0.3, 0.4) is 0 Å². The second kappa shape index (κ2) is 7.28. The van der Waals surface area contributed by atoms with E-state index in [-0.39, 0.29) is 5.91 Å². The summed E-state index contributed by atoms with van der Waals surface area (Å²) in [6, 6.07) is 15.4. The van der Waals surface area contributed by atoms with Crippen LogP contribution >= 0.6 is 0 Å². The fourth-order valence-corrected chi connectivity index (χ4v) is 3.73. The lowest BCUT2D eigenvalue weighted by Crippen LogP contribution is -2.49. The van der Waals surface area contributed by atoms with Crippen molar-refractivity contribution in [1.82, 2.24) is 4.90 Å². The molecule has 0 spiro atoms. The van der Waals surface area contributed by atoms with Crippen LogP contribution in [-0.4, -0.2) is 35.0 Å². The molecule has 0 radical (unpaired) electrons. The highest BCUT2D eigenvalue weighted by Gasteiger charge is 2.44. The molecule has 4 nitrogen and oxygen atoms in total. The van der Waals surface area contributed by atoms with Crippen molar-refractivity contribution in [2.75, 3.05) is 13.1 Å². The van der Waals surface area contributed by atoms with Gasteiger partial charge in [-0.1, -0.05) is 48.5 Å². The van der Waals surface area contributed by atoms with Crippen LogP contribution in [0.5, 0.6) is 0 Å². The fourth-order valence-electron chi connectivity index (χ4n) is 3.73. The lowest BCUT2D eigenvalue weighted by atomic mass is 9.72. The molecule has 1 heterocycles. The number of carbonyl (C=O) groups excluding carboxylic acids is 1. The van der Waals surface area contributed by atoms with Gasteiger partial charge in [-0.15, -0.1) is 0 Å². The maximum Gasteiger partial charge on any atom is 0.314 e. The molecule has 0 bridgehead atoms. The molecule has 3 rings (SSSR count). The number of carboxylic acid groups (broad SMARTS) is 1. The Balaban J connectivity index is 1.76. The standard InChI is InChI=1S/C21H22FNO3/c1-15(17-9-5-6-10-18(17)22)19(24)23-13-11-21(12-14-23,20(25)26)16-7-3-2-4-8-16/h2-10,15H,11-14H2,1H3,(H,25,26)/t15-/m0/s1. The van der Waals surface area contributed by atoms with Crippen molar-refractivity contribution in [3.63, 3.8) is 0 Å². The highest BCUT2D eigenvalue weighted by molar-refractivity contribution is 5.85. The predicted octanol–water partition coefficient (Wildman–Crippen LogP) is 3.57. The molecule has 1 amide bonds. The molecule has 1 aliphatic heterocycles. The zero-order valence-corrected chi connectivity index (χ0v) is 14.7. The van der Waals surface area contributed by atoms with Crippen LogP contribution in [0, 0.1) is 5.82 Å². The molecule has 0 saturated carbocycles. The van der Waals surface area contributed by atoms with E-state index in [2.05, 4.69) is 0 Å². The topological polar surface area (TPSA) is 57.6 Å². The molecule has 136 valence electrons. The van der Waals surface area contributed by atoms with Gasteiger partial charge >= 0.3 is 5.97 Å². The highest BCUT2D eigenvalue weighted by atomic mass is 19.1. The Morgan fingerprint density at radius 1 is 1.04 bits per heavy atom. The van der Waals surface area contributed by atoms with E-state index < -0.39 is 23.1 Å². The first-order chi connectivity index (χ1) is 12.5. The molecule has 0 aliphatic carbocycles. The molecule has 26 heavy (non-hydrogen) atoms. The zero-order valence-electron chi connectivity index (χ0n) is 14.7. The summed E-state index contributed by atoms with van der Waals surface area (Å²) in [5, 5.41) is 9.84. The van der Waals surface area contributed by atoms with E-state index >= 15 is 0 Å². The Labute approximate surface area is 152 Å². The van der Waals surface area contributed by atoms with Crippen LogP contribution in [0.2, 0.25) is 0 Å². The largest absolute Gasteiger partial charge is 0.481 e. The quantitative estimate of drug-likeness (QED) is 0.912. The Hall–Kier alpha value is -2.69. The lowest BCUT2D eigenvalue weighted by Gasteiger charge is -2.40. The molecule has 1 N–H and O–H groups in total. The third-order valence-corrected chi connectivity index (χ3v) is 5.41. The maximum absolute atomic E-state index is 14.0. The first-order valence-corrected chi connectivity index (χ1v) is 8.78. The molecular weight excluding hydrogens is 333 g/mol. The van der Waals surface area contributed by atoms with Crippen molar-refractivity contribution < 1.29 is 19.1 Å². The molecule has 2 aromatic carbocycles. The van der Waals surface area contributed by atoms with Crippen molar-refractivity contribution in [1.29, 1.82) is 0 Å². The molecule has 1 aliphatic rings. The summed E-state index contributed by atoms with van der Waals surface area (Å²) in [5.41, 5.74) is 0.164. The maximum atomic E-state index is 14.0. The van der Waals surface area contributed by atoms with Gasteiger partial charge in [-0.05, 0) is 37.0 Å². The number of piperidine rings is 1. The number of benzene rings is 2. The molecule has 1 atom stereocenters. The van der Waals surface area contributed by atoms with Gasteiger partial charge in [-0.2, -0.15) is 0 Å². The van der Waals surface area contributed by atoms with Crippen molar-refractivity contribution in [2.45, 2.75) is 31.1 Å². The fraction of sp³-hybridized carbons (Fsp3) is 0.333. The molecule has 0 unspecified atom stereocenters. The summed E-state index contributed by atoms with van der Waals surface area (Å²) < 4.78 is 14.0. The van der Waals surface area contributed by atoms with Gasteiger partial charge < -0.3 is 10.0 Å². The van der Waals surface area contributed by atoms with E-state index in [9.17, 15) is 19.1 Å². The Kier molecular flexibility index (Phi) is 5.07. The van der Waals surface area contributed by atoms with E-state index in [0.29, 0.717) is 31.5 Å². The van der Waals surface area contributed by atoms with Crippen LogP contribution in [0.1, 0.15) is 36.8 Å². The third kappa shape index (κ3) is 3.21. The number of likely N-dealkylation sites (tertiary alicyclic amines) is 1. The number of carboxylic acids is 1. The van der Waals surface area contributed by atoms with Crippen LogP contribution in [0.15, 0.2) is 54.6 Å². The summed E-state index contributed by atoms with van der Waals surface area (Å²) >= 11 is 0. The summed E-state index contributed by atoms with van der Waals surface area (Å²) in [6.07, 6.45) is 0.699. The second-order valence-electron chi connectivity index (χ2n) is 6.82. The van der Waals surface area contributed by atoms with Crippen molar-refractivity contribution in [3.8, 4) is 0 Å². The van der Waals surface area contributed by atoms with Gasteiger partial charge in [0.15, 0.2) is 0 Å². The predicted molar refractivity (Wildman–Crippen MR) is 96.4 cm³/mol. The Morgan fingerprint density at radius 2 is 1.62 bits per heavy atom. The van der Waals surface area contributed by atoms with E-state index in [1.165, 1.54) is 6.07 Å². The van der Waals surface area contributed by atoms with Crippen LogP contribution < -0.4 is 0 Å². The number of hydrogen-bond donors (Lipinski definition) is 1. The number of amides is 1. The minimum atomic E-state index is -0.973. The first-order valence-electron chi connectivity index (χ1n) is 8.78. The summed E-state index contributed by atoms with van der Waals surface area (Å²) in [5.74, 6) is -2.01. The van der Waals surface area contributed by atoms with E-state index in [1.807, 2.05) is 30.3 Å². The van der Waals surface area contributed by atoms with E-state index in [4.69, 9.17) is 0 Å². The lowest BCUT2D eigenvalue weighted by molar-refractivity contribution is -0.148. The first kappa shape index (κ1) is 18.1. The van der Waals surface area contributed by atoms with E-state index in [1.54, 1.807) is 30.0 Å². The minimum absolute atomic E-state index is 0.165. The van der Waals surface area contributed by atoms with Crippen molar-refractivity contribution in [3.05, 3.63) is 71.5 Å². The van der Waals surface area contributed by atoms with Gasteiger partial charge in [0.25, 0.3) is 0 Å². The number of aliphatic carboxylic acids is 1. The zero-order chi connectivity index (χ0) is 18.7. The SMILES string of the molecule is C[C@H](C(=O)N1CCC(C(=O)O)(c2ccccc2)CC1)c1ccccc1F. The molecule has 1 fully saturated rings. The van der Waals surface area contributed by atoms with Gasteiger partial charge in [0.05, 0.1) is 11.3 Å². The van der Waals surface area contributed by atoms with E-state index in [0.717, 1.165) is 5.56 Å². The minimum Gasteiger partial charge on any atom is -0.481 e. The van der Waals surface area contributed by atoms with Crippen molar-refractivity contribution in [2.24, 2.45) is 0 Å². The van der Waals surface area contributed by atoms with Gasteiger partial charge in [0, 0.05) is 13.1 Å². The van der Waals surface area contributed by atoms with Gasteiger partial charge in [-0.25, -0.2) is 4.39 Å². The Morgan fingerprint density at radius 3 is 2.19 bits per heavy atom. The molecular formula is C21H22FNO3. The van der Waals surface area contributed by atoms with Crippen LogP contribution in [0.4, 0.5) is 4.39 Å². The Bertz CT molecular complexity index is 798. The van der Waals surface area contributed by atoms with Gasteiger partial charge in [0.2, 0.25) is 5.91 Å². The second-order valence-corrected chi connectivity index (χ2v) is 6.82.